The van der Waals surface area contributed by atoms with Gasteiger partial charge in [0.05, 0.1) is 6.42 Å². The van der Waals surface area contributed by atoms with Crippen molar-refractivity contribution in [3.05, 3.63) is 39.8 Å². The predicted molar refractivity (Wildman–Crippen MR) is 81.8 cm³/mol. The Balaban J connectivity index is 2.42. The van der Waals surface area contributed by atoms with Crippen molar-refractivity contribution in [3.63, 3.8) is 0 Å². The Morgan fingerprint density at radius 1 is 1.40 bits per heavy atom. The average molecular weight is 337 g/mol. The Kier molecular flexibility index (Phi) is 4.28. The van der Waals surface area contributed by atoms with Crippen LogP contribution >= 0.6 is 15.9 Å². The number of carbonyl (C=O) groups is 1. The number of hydrogen-bond donors (Lipinski definition) is 1. The Labute approximate surface area is 126 Å². The number of nitrogens with zero attached hydrogens (tertiary/aromatic N) is 2. The van der Waals surface area contributed by atoms with Crippen LogP contribution in [-0.4, -0.2) is 20.6 Å². The van der Waals surface area contributed by atoms with Gasteiger partial charge in [0.25, 0.3) is 0 Å². The molecule has 0 atom stereocenters. The molecule has 0 aliphatic heterocycles. The van der Waals surface area contributed by atoms with Gasteiger partial charge in [-0.3, -0.25) is 4.79 Å². The summed E-state index contributed by atoms with van der Waals surface area (Å²) < 4.78 is 2.78. The number of halogens is 1. The Morgan fingerprint density at radius 3 is 2.70 bits per heavy atom. The Bertz CT molecular complexity index is 662. The van der Waals surface area contributed by atoms with Crippen molar-refractivity contribution in [2.75, 3.05) is 0 Å². The fourth-order valence-electron chi connectivity index (χ4n) is 2.22. The van der Waals surface area contributed by atoms with Gasteiger partial charge >= 0.3 is 5.97 Å². The van der Waals surface area contributed by atoms with E-state index in [9.17, 15) is 4.79 Å². The van der Waals surface area contributed by atoms with E-state index in [1.54, 1.807) is 0 Å². The third-order valence-corrected chi connectivity index (χ3v) is 4.22. The third-order valence-electron chi connectivity index (χ3n) is 3.32. The number of carboxylic acids is 1. The summed E-state index contributed by atoms with van der Waals surface area (Å²) >= 11 is 3.55. The van der Waals surface area contributed by atoms with E-state index in [0.29, 0.717) is 6.42 Å². The zero-order valence-electron chi connectivity index (χ0n) is 11.8. The van der Waals surface area contributed by atoms with Gasteiger partial charge in [0.15, 0.2) is 0 Å². The summed E-state index contributed by atoms with van der Waals surface area (Å²) in [6.45, 7) is 4.11. The normalized spacial score (nSPS) is 10.8. The molecule has 2 aromatic rings. The van der Waals surface area contributed by atoms with Crippen molar-refractivity contribution in [2.45, 2.75) is 26.7 Å². The molecule has 0 amide bonds. The minimum Gasteiger partial charge on any atom is -0.481 e. The molecular formula is C15H17BrN2O2. The van der Waals surface area contributed by atoms with Crippen LogP contribution in [0.25, 0.3) is 11.3 Å². The van der Waals surface area contributed by atoms with Crippen LogP contribution in [0.2, 0.25) is 0 Å². The summed E-state index contributed by atoms with van der Waals surface area (Å²) in [6.07, 6.45) is 0.513. The zero-order chi connectivity index (χ0) is 14.9. The lowest BCUT2D eigenvalue weighted by molar-refractivity contribution is -0.137. The minimum atomic E-state index is -0.808. The molecule has 0 saturated carbocycles. The smallest absolute Gasteiger partial charge is 0.303 e. The summed E-state index contributed by atoms with van der Waals surface area (Å²) in [5, 5.41) is 8.78. The summed E-state index contributed by atoms with van der Waals surface area (Å²) in [6, 6.07) is 6.23. The minimum absolute atomic E-state index is 0.0869. The van der Waals surface area contributed by atoms with Crippen LogP contribution in [0.15, 0.2) is 22.8 Å². The molecule has 0 unspecified atom stereocenters. The topological polar surface area (TPSA) is 55.1 Å². The first-order chi connectivity index (χ1) is 9.40. The van der Waals surface area contributed by atoms with Crippen LogP contribution < -0.4 is 0 Å². The van der Waals surface area contributed by atoms with Crippen molar-refractivity contribution in [3.8, 4) is 11.3 Å². The van der Waals surface area contributed by atoms with Gasteiger partial charge in [-0.25, -0.2) is 4.98 Å². The molecule has 0 spiro atoms. The molecule has 0 radical (unpaired) electrons. The number of aryl methyl sites for hydroxylation is 3. The first kappa shape index (κ1) is 14.8. The van der Waals surface area contributed by atoms with Gasteiger partial charge < -0.3 is 9.67 Å². The van der Waals surface area contributed by atoms with Crippen LogP contribution in [0.3, 0.4) is 0 Å². The fourth-order valence-corrected chi connectivity index (χ4v) is 2.72. The van der Waals surface area contributed by atoms with Crippen molar-refractivity contribution < 1.29 is 9.90 Å². The van der Waals surface area contributed by atoms with E-state index in [0.717, 1.165) is 27.2 Å². The van der Waals surface area contributed by atoms with Gasteiger partial charge in [-0.15, -0.1) is 0 Å². The lowest BCUT2D eigenvalue weighted by Crippen LogP contribution is -2.03. The summed E-state index contributed by atoms with van der Waals surface area (Å²) in [5.41, 5.74) is 4.31. The Hall–Kier alpha value is -1.62. The van der Waals surface area contributed by atoms with Gasteiger partial charge in [0.1, 0.15) is 16.1 Å². The number of aliphatic carboxylic acids is 1. The molecule has 0 aliphatic rings. The van der Waals surface area contributed by atoms with Crippen molar-refractivity contribution in [1.82, 2.24) is 9.55 Å². The second-order valence-electron chi connectivity index (χ2n) is 4.94. The van der Waals surface area contributed by atoms with Crippen LogP contribution in [-0.2, 0) is 18.3 Å². The summed E-state index contributed by atoms with van der Waals surface area (Å²) in [5.74, 6) is -0.0357. The Morgan fingerprint density at radius 2 is 2.10 bits per heavy atom. The summed E-state index contributed by atoms with van der Waals surface area (Å²) in [4.78, 5) is 15.3. The van der Waals surface area contributed by atoms with E-state index in [1.807, 2.05) is 11.6 Å². The molecule has 1 N–H and O–H groups in total. The lowest BCUT2D eigenvalue weighted by atomic mass is 10.0. The largest absolute Gasteiger partial charge is 0.481 e. The van der Waals surface area contributed by atoms with Gasteiger partial charge in [0.2, 0.25) is 0 Å². The molecule has 0 bridgehead atoms. The van der Waals surface area contributed by atoms with Gasteiger partial charge in [-0.2, -0.15) is 0 Å². The first-order valence-corrected chi connectivity index (χ1v) is 7.20. The number of imidazole rings is 1. The number of carboxylic acid groups (broad SMARTS) is 1. The first-order valence-electron chi connectivity index (χ1n) is 6.40. The molecule has 2 rings (SSSR count). The highest BCUT2D eigenvalue weighted by Gasteiger charge is 2.16. The molecule has 0 aliphatic carbocycles. The number of hydrogen-bond acceptors (Lipinski definition) is 2. The molecule has 1 aromatic heterocycles. The average Bonchev–Trinajstić information content (AvgIpc) is 2.64. The molecule has 106 valence electrons. The standard InChI is InChI=1S/C15H17BrN2O2/c1-9-4-5-11(10(2)8-9)14-15(16)18(3)12(17-14)6-7-13(19)20/h4-5,8H,6-7H2,1-3H3,(H,19,20). The summed E-state index contributed by atoms with van der Waals surface area (Å²) in [7, 11) is 1.89. The second kappa shape index (κ2) is 5.79. The second-order valence-corrected chi connectivity index (χ2v) is 5.69. The number of aromatic nitrogens is 2. The van der Waals surface area contributed by atoms with Crippen LogP contribution in [0, 0.1) is 13.8 Å². The van der Waals surface area contributed by atoms with Crippen molar-refractivity contribution in [1.29, 1.82) is 0 Å². The highest BCUT2D eigenvalue weighted by Crippen LogP contribution is 2.31. The van der Waals surface area contributed by atoms with Gasteiger partial charge in [-0.1, -0.05) is 23.8 Å². The maximum Gasteiger partial charge on any atom is 0.303 e. The maximum absolute atomic E-state index is 10.7. The van der Waals surface area contributed by atoms with E-state index >= 15 is 0 Å². The molecular weight excluding hydrogens is 320 g/mol. The highest BCUT2D eigenvalue weighted by molar-refractivity contribution is 9.10. The quantitative estimate of drug-likeness (QED) is 0.929. The van der Waals surface area contributed by atoms with E-state index < -0.39 is 5.97 Å². The molecule has 20 heavy (non-hydrogen) atoms. The van der Waals surface area contributed by atoms with E-state index in [4.69, 9.17) is 5.11 Å². The number of benzene rings is 1. The van der Waals surface area contributed by atoms with Crippen LogP contribution in [0.5, 0.6) is 0 Å². The highest BCUT2D eigenvalue weighted by atomic mass is 79.9. The SMILES string of the molecule is Cc1ccc(-c2nc(CCC(=O)O)n(C)c2Br)c(C)c1. The lowest BCUT2D eigenvalue weighted by Gasteiger charge is -2.05. The zero-order valence-corrected chi connectivity index (χ0v) is 13.4. The van der Waals surface area contributed by atoms with E-state index in [1.165, 1.54) is 5.56 Å². The fraction of sp³-hybridized carbons (Fsp3) is 0.333. The molecule has 1 aromatic carbocycles. The monoisotopic (exact) mass is 336 g/mol. The molecule has 1 heterocycles. The number of rotatable bonds is 4. The van der Waals surface area contributed by atoms with Crippen LogP contribution in [0.4, 0.5) is 0 Å². The molecule has 5 heteroatoms. The third kappa shape index (κ3) is 2.93. The van der Waals surface area contributed by atoms with E-state index in [2.05, 4.69) is 53.0 Å². The van der Waals surface area contributed by atoms with Crippen LogP contribution in [0.1, 0.15) is 23.4 Å². The van der Waals surface area contributed by atoms with Gasteiger partial charge in [-0.05, 0) is 35.3 Å². The predicted octanol–water partition coefficient (Wildman–Crippen LogP) is 3.48. The maximum atomic E-state index is 10.7. The van der Waals surface area contributed by atoms with E-state index in [-0.39, 0.29) is 6.42 Å². The molecule has 4 nitrogen and oxygen atoms in total. The van der Waals surface area contributed by atoms with Crippen molar-refractivity contribution >= 4 is 21.9 Å². The molecule has 0 saturated heterocycles. The van der Waals surface area contributed by atoms with Crippen molar-refractivity contribution in [2.24, 2.45) is 7.05 Å². The molecule has 0 fully saturated rings. The van der Waals surface area contributed by atoms with Gasteiger partial charge in [0, 0.05) is 19.0 Å².